The molecule has 0 bridgehead atoms. The lowest BCUT2D eigenvalue weighted by Gasteiger charge is -2.21. The molecule has 24 heavy (non-hydrogen) atoms. The van der Waals surface area contributed by atoms with Gasteiger partial charge in [-0.3, -0.25) is 4.31 Å². The molecule has 0 aromatic heterocycles. The largest absolute Gasteiger partial charge is 0.495 e. The molecule has 0 unspecified atom stereocenters. The van der Waals surface area contributed by atoms with Gasteiger partial charge in [0.25, 0.3) is 10.0 Å². The third-order valence-corrected chi connectivity index (χ3v) is 6.60. The fourth-order valence-corrected chi connectivity index (χ4v) is 4.24. The first-order valence-electron chi connectivity index (χ1n) is 7.31. The lowest BCUT2D eigenvalue weighted by molar-refractivity contribution is 0.414. The van der Waals surface area contributed by atoms with Crippen molar-refractivity contribution in [3.05, 3.63) is 52.0 Å². The van der Waals surface area contributed by atoms with Crippen LogP contribution >= 0.6 is 23.2 Å². The van der Waals surface area contributed by atoms with Gasteiger partial charge in [0.2, 0.25) is 0 Å². The third-order valence-electron chi connectivity index (χ3n) is 3.79. The lowest BCUT2D eigenvalue weighted by Crippen LogP contribution is -2.26. The van der Waals surface area contributed by atoms with E-state index in [2.05, 4.69) is 13.8 Å². The van der Waals surface area contributed by atoms with Crippen LogP contribution in [-0.4, -0.2) is 22.6 Å². The van der Waals surface area contributed by atoms with Gasteiger partial charge in [0.15, 0.2) is 0 Å². The van der Waals surface area contributed by atoms with E-state index in [-0.39, 0.29) is 14.9 Å². The minimum atomic E-state index is -3.84. The number of nitrogens with zero attached hydrogens (tertiary/aromatic N) is 1. The molecule has 0 saturated heterocycles. The van der Waals surface area contributed by atoms with E-state index in [0.717, 1.165) is 5.56 Å². The van der Waals surface area contributed by atoms with E-state index in [1.165, 1.54) is 30.6 Å². The molecule has 0 aliphatic rings. The summed E-state index contributed by atoms with van der Waals surface area (Å²) in [5.74, 6) is 0.695. The number of methoxy groups -OCH3 is 1. The Labute approximate surface area is 153 Å². The molecule has 0 N–H and O–H groups in total. The summed E-state index contributed by atoms with van der Waals surface area (Å²) in [6.45, 7) is 4.16. The Kier molecular flexibility index (Phi) is 5.68. The van der Waals surface area contributed by atoms with Crippen molar-refractivity contribution in [1.82, 2.24) is 0 Å². The van der Waals surface area contributed by atoms with Crippen LogP contribution < -0.4 is 9.04 Å². The molecule has 0 amide bonds. The minimum Gasteiger partial charge on any atom is -0.495 e. The molecule has 0 aliphatic carbocycles. The lowest BCUT2D eigenvalue weighted by atomic mass is 10.0. The summed E-state index contributed by atoms with van der Waals surface area (Å²) in [6.07, 6.45) is 0. The van der Waals surface area contributed by atoms with E-state index in [1.54, 1.807) is 12.1 Å². The Hall–Kier alpha value is -1.43. The normalized spacial score (nSPS) is 11.6. The van der Waals surface area contributed by atoms with Crippen LogP contribution in [0.5, 0.6) is 5.75 Å². The van der Waals surface area contributed by atoms with Crippen LogP contribution in [0.2, 0.25) is 10.0 Å². The summed E-state index contributed by atoms with van der Waals surface area (Å²) < 4.78 is 32.0. The van der Waals surface area contributed by atoms with Crippen LogP contribution in [0, 0.1) is 0 Å². The van der Waals surface area contributed by atoms with Gasteiger partial charge in [-0.2, -0.15) is 0 Å². The fourth-order valence-electron chi connectivity index (χ4n) is 2.23. The molecular weight excluding hydrogens is 369 g/mol. The van der Waals surface area contributed by atoms with Gasteiger partial charge in [-0.1, -0.05) is 49.2 Å². The van der Waals surface area contributed by atoms with Gasteiger partial charge in [-0.15, -0.1) is 0 Å². The molecule has 2 aromatic rings. The van der Waals surface area contributed by atoms with Crippen LogP contribution in [-0.2, 0) is 10.0 Å². The van der Waals surface area contributed by atoms with Gasteiger partial charge in [-0.05, 0) is 35.7 Å². The molecule has 4 nitrogen and oxygen atoms in total. The van der Waals surface area contributed by atoms with Gasteiger partial charge < -0.3 is 4.74 Å². The smallest absolute Gasteiger partial charge is 0.265 e. The van der Waals surface area contributed by atoms with Gasteiger partial charge in [0.1, 0.15) is 15.7 Å². The summed E-state index contributed by atoms with van der Waals surface area (Å²) in [5, 5.41) is 0.0189. The SMILES string of the molecule is COc1ccc(S(=O)(=O)N(C)c2ccc(C(C)C)cc2)c(Cl)c1Cl. The summed E-state index contributed by atoms with van der Waals surface area (Å²) in [7, 11) is -0.923. The zero-order valence-electron chi connectivity index (χ0n) is 13.9. The molecule has 0 radical (unpaired) electrons. The first-order valence-corrected chi connectivity index (χ1v) is 9.50. The number of ether oxygens (including phenoxy) is 1. The van der Waals surface area contributed by atoms with Crippen LogP contribution in [0.4, 0.5) is 5.69 Å². The molecule has 0 fully saturated rings. The third kappa shape index (κ3) is 3.48. The maximum absolute atomic E-state index is 12.9. The van der Waals surface area contributed by atoms with Gasteiger partial charge in [-0.25, -0.2) is 8.42 Å². The highest BCUT2D eigenvalue weighted by Crippen LogP contribution is 2.38. The van der Waals surface area contributed by atoms with Crippen LogP contribution in [0.1, 0.15) is 25.3 Å². The number of sulfonamides is 1. The number of hydrogen-bond acceptors (Lipinski definition) is 3. The quantitative estimate of drug-likeness (QED) is 0.728. The predicted octanol–water partition coefficient (Wildman–Crippen LogP) is 4.95. The van der Waals surface area contributed by atoms with E-state index in [1.807, 2.05) is 12.1 Å². The van der Waals surface area contributed by atoms with E-state index in [4.69, 9.17) is 27.9 Å². The standard InChI is InChI=1S/C17H19Cl2NO3S/c1-11(2)12-5-7-13(8-6-12)20(3)24(21,22)15-10-9-14(23-4)16(18)17(15)19/h5-11H,1-4H3. The van der Waals surface area contributed by atoms with Crippen LogP contribution in [0.3, 0.4) is 0 Å². The van der Waals surface area contributed by atoms with E-state index in [0.29, 0.717) is 17.4 Å². The maximum Gasteiger partial charge on any atom is 0.265 e. The number of anilines is 1. The van der Waals surface area contributed by atoms with Crippen LogP contribution in [0.15, 0.2) is 41.3 Å². The zero-order chi connectivity index (χ0) is 18.1. The Morgan fingerprint density at radius 2 is 1.58 bits per heavy atom. The second kappa shape index (κ2) is 7.21. The Morgan fingerprint density at radius 3 is 2.08 bits per heavy atom. The maximum atomic E-state index is 12.9. The van der Waals surface area contributed by atoms with Crippen molar-refractivity contribution in [2.45, 2.75) is 24.7 Å². The van der Waals surface area contributed by atoms with Gasteiger partial charge >= 0.3 is 0 Å². The molecular formula is C17H19Cl2NO3S. The average Bonchev–Trinajstić information content (AvgIpc) is 2.56. The van der Waals surface area contributed by atoms with Crippen molar-refractivity contribution in [3.63, 3.8) is 0 Å². The predicted molar refractivity (Wildman–Crippen MR) is 99.1 cm³/mol. The summed E-state index contributed by atoms with van der Waals surface area (Å²) >= 11 is 12.2. The van der Waals surface area contributed by atoms with Crippen molar-refractivity contribution in [1.29, 1.82) is 0 Å². The Morgan fingerprint density at radius 1 is 1.00 bits per heavy atom. The fraction of sp³-hybridized carbons (Fsp3) is 0.294. The highest BCUT2D eigenvalue weighted by molar-refractivity contribution is 7.93. The van der Waals surface area contributed by atoms with Crippen molar-refractivity contribution in [3.8, 4) is 5.75 Å². The molecule has 0 saturated carbocycles. The minimum absolute atomic E-state index is 0.0540. The van der Waals surface area contributed by atoms with Gasteiger partial charge in [0.05, 0.1) is 17.8 Å². The second-order valence-corrected chi connectivity index (χ2v) is 8.31. The summed E-state index contributed by atoms with van der Waals surface area (Å²) in [4.78, 5) is -0.0644. The molecule has 130 valence electrons. The highest BCUT2D eigenvalue weighted by Gasteiger charge is 2.26. The monoisotopic (exact) mass is 387 g/mol. The first-order chi connectivity index (χ1) is 11.2. The summed E-state index contributed by atoms with van der Waals surface area (Å²) in [5.41, 5.74) is 1.68. The topological polar surface area (TPSA) is 46.6 Å². The molecule has 2 aromatic carbocycles. The number of rotatable bonds is 5. The van der Waals surface area contributed by atoms with E-state index >= 15 is 0 Å². The average molecular weight is 388 g/mol. The highest BCUT2D eigenvalue weighted by atomic mass is 35.5. The van der Waals surface area contributed by atoms with E-state index in [9.17, 15) is 8.42 Å². The Balaban J connectivity index is 2.45. The number of benzene rings is 2. The number of halogens is 2. The van der Waals surface area contributed by atoms with Crippen molar-refractivity contribution in [2.75, 3.05) is 18.5 Å². The molecule has 0 aliphatic heterocycles. The zero-order valence-corrected chi connectivity index (χ0v) is 16.2. The van der Waals surface area contributed by atoms with Gasteiger partial charge in [0, 0.05) is 7.05 Å². The van der Waals surface area contributed by atoms with Crippen LogP contribution in [0.25, 0.3) is 0 Å². The Bertz CT molecular complexity index is 834. The molecule has 0 spiro atoms. The molecule has 7 heteroatoms. The molecule has 2 rings (SSSR count). The summed E-state index contributed by atoms with van der Waals surface area (Å²) in [6, 6.07) is 10.2. The van der Waals surface area contributed by atoms with E-state index < -0.39 is 10.0 Å². The molecule has 0 heterocycles. The van der Waals surface area contributed by atoms with Crippen molar-refractivity contribution < 1.29 is 13.2 Å². The van der Waals surface area contributed by atoms with Crippen molar-refractivity contribution >= 4 is 38.9 Å². The molecule has 0 atom stereocenters. The van der Waals surface area contributed by atoms with Crippen molar-refractivity contribution in [2.24, 2.45) is 0 Å². The first kappa shape index (κ1) is 18.9. The second-order valence-electron chi connectivity index (χ2n) is 5.61. The number of hydrogen-bond donors (Lipinski definition) is 0.